The van der Waals surface area contributed by atoms with Gasteiger partial charge in [0, 0.05) is 30.9 Å². The molecule has 1 aromatic carbocycles. The van der Waals surface area contributed by atoms with E-state index in [-0.39, 0.29) is 23.4 Å². The summed E-state index contributed by atoms with van der Waals surface area (Å²) < 4.78 is 5.87. The quantitative estimate of drug-likeness (QED) is 0.815. The summed E-state index contributed by atoms with van der Waals surface area (Å²) >= 11 is 0. The summed E-state index contributed by atoms with van der Waals surface area (Å²) in [5, 5.41) is 0.952. The topological polar surface area (TPSA) is 53.8 Å². The van der Waals surface area contributed by atoms with Crippen molar-refractivity contribution in [3.05, 3.63) is 36.1 Å². The summed E-state index contributed by atoms with van der Waals surface area (Å²) in [5.41, 5.74) is 0.607. The van der Waals surface area contributed by atoms with E-state index in [1.165, 1.54) is 6.42 Å². The van der Waals surface area contributed by atoms with Crippen LogP contribution in [-0.4, -0.2) is 46.3 Å². The zero-order chi connectivity index (χ0) is 19.0. The lowest BCUT2D eigenvalue weighted by molar-refractivity contribution is -0.130. The molecule has 0 radical (unpaired) electrons. The number of nitrogens with zero attached hydrogens (tertiary/aromatic N) is 2. The van der Waals surface area contributed by atoms with Crippen molar-refractivity contribution in [3.63, 3.8) is 0 Å². The van der Waals surface area contributed by atoms with Crippen molar-refractivity contribution in [2.24, 2.45) is 0 Å². The van der Waals surface area contributed by atoms with Crippen LogP contribution in [0.1, 0.15) is 62.9 Å². The Hall–Kier alpha value is -2.30. The molecular formula is C22H28N2O3. The molecule has 27 heavy (non-hydrogen) atoms. The molecule has 0 N–H and O–H groups in total. The number of amides is 2. The highest BCUT2D eigenvalue weighted by molar-refractivity contribution is 5.96. The molecule has 2 aromatic rings. The predicted molar refractivity (Wildman–Crippen MR) is 105 cm³/mol. The lowest BCUT2D eigenvalue weighted by Crippen LogP contribution is -2.48. The van der Waals surface area contributed by atoms with Gasteiger partial charge in [0.15, 0.2) is 5.76 Å². The molecule has 1 aliphatic heterocycles. The van der Waals surface area contributed by atoms with E-state index in [9.17, 15) is 9.59 Å². The average Bonchev–Trinajstić information content (AvgIpc) is 3.24. The Morgan fingerprint density at radius 2 is 1.96 bits per heavy atom. The van der Waals surface area contributed by atoms with Gasteiger partial charge in [-0.25, -0.2) is 0 Å². The molecule has 2 heterocycles. The number of fused-ring (bicyclic) bond motifs is 1. The van der Waals surface area contributed by atoms with Crippen LogP contribution < -0.4 is 0 Å². The first-order chi connectivity index (χ1) is 13.0. The first-order valence-electron chi connectivity index (χ1n) is 10.1. The van der Waals surface area contributed by atoms with E-state index in [4.69, 9.17) is 4.42 Å². The average molecular weight is 368 g/mol. The van der Waals surface area contributed by atoms with Crippen molar-refractivity contribution in [1.29, 1.82) is 0 Å². The van der Waals surface area contributed by atoms with Crippen LogP contribution >= 0.6 is 0 Å². The van der Waals surface area contributed by atoms with Gasteiger partial charge in [-0.05, 0) is 38.3 Å². The molecule has 1 aromatic heterocycles. The molecule has 2 amide bonds. The minimum Gasteiger partial charge on any atom is -0.451 e. The van der Waals surface area contributed by atoms with Crippen LogP contribution in [0, 0.1) is 0 Å². The van der Waals surface area contributed by atoms with Gasteiger partial charge in [-0.2, -0.15) is 0 Å². The third kappa shape index (κ3) is 3.13. The van der Waals surface area contributed by atoms with Crippen molar-refractivity contribution in [1.82, 2.24) is 9.80 Å². The van der Waals surface area contributed by atoms with Crippen LogP contribution in [0.3, 0.4) is 0 Å². The summed E-state index contributed by atoms with van der Waals surface area (Å²) in [7, 11) is 0. The minimum absolute atomic E-state index is 0.0322. The molecule has 4 rings (SSSR count). The van der Waals surface area contributed by atoms with Gasteiger partial charge in [0.25, 0.3) is 5.91 Å². The number of furan rings is 1. The summed E-state index contributed by atoms with van der Waals surface area (Å²) in [5.74, 6) is 0.467. The maximum atomic E-state index is 13.4. The number of carbonyl (C=O) groups excluding carboxylic acids is 2. The van der Waals surface area contributed by atoms with E-state index in [1.54, 1.807) is 6.92 Å². The number of hydrogen-bond donors (Lipinski definition) is 0. The first kappa shape index (κ1) is 18.1. The third-order valence-corrected chi connectivity index (χ3v) is 6.43. The van der Waals surface area contributed by atoms with E-state index in [2.05, 4.69) is 0 Å². The van der Waals surface area contributed by atoms with Crippen LogP contribution in [0.4, 0.5) is 0 Å². The van der Waals surface area contributed by atoms with Crippen molar-refractivity contribution < 1.29 is 14.0 Å². The normalized spacial score (nSPS) is 21.7. The fourth-order valence-corrected chi connectivity index (χ4v) is 5.17. The maximum Gasteiger partial charge on any atom is 0.290 e. The van der Waals surface area contributed by atoms with Gasteiger partial charge in [0.1, 0.15) is 5.58 Å². The summed E-state index contributed by atoms with van der Waals surface area (Å²) in [6, 6.07) is 9.67. The number of likely N-dealkylation sites (N-methyl/N-ethyl adjacent to an activating group) is 1. The second kappa shape index (κ2) is 7.02. The Balaban J connectivity index is 1.67. The Bertz CT molecular complexity index is 817. The SMILES string of the molecule is CCN(C(C)=O)C1CN(C(=O)c2cc3ccccc3o2)C2(CCCCC2)C1. The lowest BCUT2D eigenvalue weighted by Gasteiger charge is -2.41. The van der Waals surface area contributed by atoms with Gasteiger partial charge in [-0.1, -0.05) is 37.5 Å². The first-order valence-corrected chi connectivity index (χ1v) is 10.1. The van der Waals surface area contributed by atoms with Gasteiger partial charge in [-0.15, -0.1) is 0 Å². The van der Waals surface area contributed by atoms with E-state index in [0.717, 1.165) is 43.1 Å². The van der Waals surface area contributed by atoms with Gasteiger partial charge in [0.2, 0.25) is 5.91 Å². The van der Waals surface area contributed by atoms with Crippen molar-refractivity contribution in [2.75, 3.05) is 13.1 Å². The molecule has 5 heteroatoms. The maximum absolute atomic E-state index is 13.4. The van der Waals surface area contributed by atoms with Crippen LogP contribution in [0.2, 0.25) is 0 Å². The van der Waals surface area contributed by atoms with E-state index >= 15 is 0 Å². The highest BCUT2D eigenvalue weighted by Crippen LogP contribution is 2.44. The largest absolute Gasteiger partial charge is 0.451 e. The third-order valence-electron chi connectivity index (χ3n) is 6.43. The highest BCUT2D eigenvalue weighted by Gasteiger charge is 2.50. The van der Waals surface area contributed by atoms with Crippen LogP contribution in [-0.2, 0) is 4.79 Å². The summed E-state index contributed by atoms with van der Waals surface area (Å²) in [4.78, 5) is 29.5. The van der Waals surface area contributed by atoms with E-state index in [0.29, 0.717) is 18.8 Å². The fourth-order valence-electron chi connectivity index (χ4n) is 5.17. The Morgan fingerprint density at radius 1 is 1.22 bits per heavy atom. The molecule has 0 bridgehead atoms. The van der Waals surface area contributed by atoms with E-state index in [1.807, 2.05) is 47.1 Å². The van der Waals surface area contributed by atoms with Crippen molar-refractivity contribution in [3.8, 4) is 0 Å². The van der Waals surface area contributed by atoms with E-state index < -0.39 is 0 Å². The lowest BCUT2D eigenvalue weighted by atomic mass is 9.79. The number of carbonyl (C=O) groups is 2. The summed E-state index contributed by atoms with van der Waals surface area (Å²) in [6.45, 7) is 4.92. The molecule has 1 saturated heterocycles. The van der Waals surface area contributed by atoms with Crippen molar-refractivity contribution in [2.45, 2.75) is 64.0 Å². The van der Waals surface area contributed by atoms with Gasteiger partial charge in [0.05, 0.1) is 6.04 Å². The minimum atomic E-state index is -0.137. The zero-order valence-corrected chi connectivity index (χ0v) is 16.2. The number of rotatable bonds is 3. The van der Waals surface area contributed by atoms with Gasteiger partial charge < -0.3 is 14.2 Å². The molecule has 2 fully saturated rings. The smallest absolute Gasteiger partial charge is 0.290 e. The highest BCUT2D eigenvalue weighted by atomic mass is 16.3. The Kier molecular flexibility index (Phi) is 4.70. The zero-order valence-electron chi connectivity index (χ0n) is 16.2. The van der Waals surface area contributed by atoms with Crippen LogP contribution in [0.15, 0.2) is 34.7 Å². The number of likely N-dealkylation sites (tertiary alicyclic amines) is 1. The molecule has 2 aliphatic rings. The van der Waals surface area contributed by atoms with Gasteiger partial charge >= 0.3 is 0 Å². The fraction of sp³-hybridized carbons (Fsp3) is 0.545. The Morgan fingerprint density at radius 3 is 2.63 bits per heavy atom. The predicted octanol–water partition coefficient (Wildman–Crippen LogP) is 4.22. The molecule has 1 unspecified atom stereocenters. The second-order valence-electron chi connectivity index (χ2n) is 8.01. The Labute approximate surface area is 160 Å². The molecule has 5 nitrogen and oxygen atoms in total. The number of benzene rings is 1. The molecule has 1 aliphatic carbocycles. The monoisotopic (exact) mass is 368 g/mol. The number of hydrogen-bond acceptors (Lipinski definition) is 3. The second-order valence-corrected chi connectivity index (χ2v) is 8.01. The molecular weight excluding hydrogens is 340 g/mol. The van der Waals surface area contributed by atoms with Crippen LogP contribution in [0.5, 0.6) is 0 Å². The molecule has 1 spiro atoms. The van der Waals surface area contributed by atoms with Crippen LogP contribution in [0.25, 0.3) is 11.0 Å². The van der Waals surface area contributed by atoms with Gasteiger partial charge in [-0.3, -0.25) is 9.59 Å². The molecule has 1 saturated carbocycles. The standard InChI is InChI=1S/C22H28N2O3/c1-3-23(16(2)25)18-14-22(11-7-4-8-12-22)24(15-18)21(26)20-13-17-9-5-6-10-19(17)27-20/h5-6,9-10,13,18H,3-4,7-8,11-12,14-15H2,1-2H3. The number of para-hydroxylation sites is 1. The molecule has 144 valence electrons. The molecule has 1 atom stereocenters. The summed E-state index contributed by atoms with van der Waals surface area (Å²) in [6.07, 6.45) is 6.43. The van der Waals surface area contributed by atoms with Crippen molar-refractivity contribution >= 4 is 22.8 Å².